The molecule has 0 aliphatic carbocycles. The van der Waals surface area contributed by atoms with Crippen LogP contribution in [0.1, 0.15) is 66.7 Å². The number of ether oxygens (including phenoxy) is 2. The van der Waals surface area contributed by atoms with Gasteiger partial charge in [0.15, 0.2) is 0 Å². The normalized spacial score (nSPS) is 12.0. The van der Waals surface area contributed by atoms with Crippen LogP contribution in [-0.2, 0) is 9.47 Å². The van der Waals surface area contributed by atoms with E-state index in [-0.39, 0.29) is 12.1 Å². The Morgan fingerprint density at radius 2 is 1.20 bits per heavy atom. The molecule has 0 radical (unpaired) electrons. The second kappa shape index (κ2) is 11.2. The second-order valence-electron chi connectivity index (χ2n) is 9.05. The summed E-state index contributed by atoms with van der Waals surface area (Å²) in [5.41, 5.74) is 2.19. The zero-order chi connectivity index (χ0) is 24.8. The molecule has 0 spiro atoms. The van der Waals surface area contributed by atoms with Gasteiger partial charge in [-0.1, -0.05) is 74.7 Å². The highest BCUT2D eigenvalue weighted by molar-refractivity contribution is 6.09. The summed E-state index contributed by atoms with van der Waals surface area (Å²) in [7, 11) is 1.37. The van der Waals surface area contributed by atoms with E-state index in [9.17, 15) is 9.59 Å². The number of carbonyl (C=O) groups excluding carboxylic acids is 2. The molecule has 4 nitrogen and oxygen atoms in total. The van der Waals surface area contributed by atoms with Gasteiger partial charge in [0.2, 0.25) is 0 Å². The molecular weight excluding hydrogens is 436 g/mol. The lowest BCUT2D eigenvalue weighted by Gasteiger charge is -2.18. The Morgan fingerprint density at radius 3 is 1.69 bits per heavy atom. The molecule has 4 aromatic rings. The SMILES string of the molecule is CCCCCC[C@H](C)OC(=O)c1cc2ccccc2cc1-c1cc2ccccc2cc1C(=O)OC. The average molecular weight is 469 g/mol. The van der Waals surface area contributed by atoms with Gasteiger partial charge in [0.05, 0.1) is 24.3 Å². The van der Waals surface area contributed by atoms with Gasteiger partial charge in [-0.3, -0.25) is 0 Å². The third kappa shape index (κ3) is 5.54. The molecule has 4 rings (SSSR count). The van der Waals surface area contributed by atoms with Crippen LogP contribution in [0.25, 0.3) is 32.7 Å². The zero-order valence-corrected chi connectivity index (χ0v) is 20.7. The molecule has 0 saturated carbocycles. The van der Waals surface area contributed by atoms with E-state index >= 15 is 0 Å². The van der Waals surface area contributed by atoms with Crippen LogP contribution in [0.15, 0.2) is 72.8 Å². The number of hydrogen-bond donors (Lipinski definition) is 0. The molecule has 0 fully saturated rings. The van der Waals surface area contributed by atoms with Crippen molar-refractivity contribution in [3.05, 3.63) is 83.9 Å². The Kier molecular flexibility index (Phi) is 7.81. The van der Waals surface area contributed by atoms with E-state index in [0.29, 0.717) is 22.3 Å². The summed E-state index contributed by atoms with van der Waals surface area (Å²) in [6.07, 6.45) is 5.17. The van der Waals surface area contributed by atoms with Gasteiger partial charge >= 0.3 is 11.9 Å². The first-order valence-electron chi connectivity index (χ1n) is 12.4. The molecule has 0 unspecified atom stereocenters. The first-order chi connectivity index (χ1) is 17.0. The molecule has 1 atom stereocenters. The molecule has 4 heteroatoms. The van der Waals surface area contributed by atoms with Crippen molar-refractivity contribution in [3.63, 3.8) is 0 Å². The number of esters is 2. The Hall–Kier alpha value is -3.66. The van der Waals surface area contributed by atoms with Crippen molar-refractivity contribution >= 4 is 33.5 Å². The van der Waals surface area contributed by atoms with Crippen LogP contribution < -0.4 is 0 Å². The molecule has 180 valence electrons. The summed E-state index contributed by atoms with van der Waals surface area (Å²) in [5, 5.41) is 3.84. The maximum absolute atomic E-state index is 13.5. The number of hydrogen-bond acceptors (Lipinski definition) is 4. The van der Waals surface area contributed by atoms with E-state index in [1.807, 2.05) is 79.7 Å². The summed E-state index contributed by atoms with van der Waals surface area (Å²) in [6.45, 7) is 4.13. The fourth-order valence-electron chi connectivity index (χ4n) is 4.54. The van der Waals surface area contributed by atoms with Crippen LogP contribution in [0.4, 0.5) is 0 Å². The summed E-state index contributed by atoms with van der Waals surface area (Å²) in [4.78, 5) is 26.3. The quantitative estimate of drug-likeness (QED) is 0.185. The largest absolute Gasteiger partial charge is 0.465 e. The maximum Gasteiger partial charge on any atom is 0.339 e. The van der Waals surface area contributed by atoms with Crippen molar-refractivity contribution in [1.29, 1.82) is 0 Å². The molecule has 4 aromatic carbocycles. The predicted octanol–water partition coefficient (Wildman–Crippen LogP) is 7.96. The van der Waals surface area contributed by atoms with E-state index in [2.05, 4.69) is 6.92 Å². The minimum absolute atomic E-state index is 0.185. The predicted molar refractivity (Wildman–Crippen MR) is 142 cm³/mol. The fraction of sp³-hybridized carbons (Fsp3) is 0.290. The highest BCUT2D eigenvalue weighted by Gasteiger charge is 2.22. The van der Waals surface area contributed by atoms with Gasteiger partial charge in [0.25, 0.3) is 0 Å². The minimum Gasteiger partial charge on any atom is -0.465 e. The standard InChI is InChI=1S/C31H32O4/c1-4-5-6-7-12-21(2)35-31(33)29-20-25-16-11-9-14-23(25)18-27(29)26-17-22-13-8-10-15-24(22)19-28(26)30(32)34-3/h8-11,13-21H,4-7,12H2,1-3H3/t21-/m0/s1. The Bertz CT molecular complexity index is 1350. The highest BCUT2D eigenvalue weighted by atomic mass is 16.5. The lowest BCUT2D eigenvalue weighted by molar-refractivity contribution is 0.0320. The van der Waals surface area contributed by atoms with E-state index in [4.69, 9.17) is 9.47 Å². The third-order valence-corrected chi connectivity index (χ3v) is 6.46. The smallest absolute Gasteiger partial charge is 0.339 e. The van der Waals surface area contributed by atoms with E-state index in [1.54, 1.807) is 0 Å². The van der Waals surface area contributed by atoms with E-state index in [0.717, 1.165) is 40.8 Å². The van der Waals surface area contributed by atoms with Crippen LogP contribution in [0.3, 0.4) is 0 Å². The van der Waals surface area contributed by atoms with Crippen molar-refractivity contribution in [1.82, 2.24) is 0 Å². The van der Waals surface area contributed by atoms with Gasteiger partial charge in [-0.25, -0.2) is 9.59 Å². The van der Waals surface area contributed by atoms with Gasteiger partial charge in [-0.2, -0.15) is 0 Å². The third-order valence-electron chi connectivity index (χ3n) is 6.46. The molecule has 0 heterocycles. The highest BCUT2D eigenvalue weighted by Crippen LogP contribution is 2.35. The lowest BCUT2D eigenvalue weighted by Crippen LogP contribution is -2.16. The number of fused-ring (bicyclic) bond motifs is 2. The van der Waals surface area contributed by atoms with Gasteiger partial charge < -0.3 is 9.47 Å². The molecule has 0 amide bonds. The zero-order valence-electron chi connectivity index (χ0n) is 20.7. The number of benzene rings is 4. The first kappa shape index (κ1) is 24.5. The molecule has 0 aliphatic rings. The maximum atomic E-state index is 13.5. The number of methoxy groups -OCH3 is 1. The molecule has 35 heavy (non-hydrogen) atoms. The summed E-state index contributed by atoms with van der Waals surface area (Å²) >= 11 is 0. The topological polar surface area (TPSA) is 52.6 Å². The van der Waals surface area contributed by atoms with E-state index in [1.165, 1.54) is 20.0 Å². The lowest BCUT2D eigenvalue weighted by atomic mass is 9.90. The molecule has 0 saturated heterocycles. The van der Waals surface area contributed by atoms with Crippen molar-refractivity contribution in [2.24, 2.45) is 0 Å². The van der Waals surface area contributed by atoms with Crippen LogP contribution in [0, 0.1) is 0 Å². The summed E-state index contributed by atoms with van der Waals surface area (Å²) < 4.78 is 11.0. The minimum atomic E-state index is -0.442. The number of rotatable bonds is 9. The molecule has 0 bridgehead atoms. The van der Waals surface area contributed by atoms with E-state index < -0.39 is 5.97 Å². The van der Waals surface area contributed by atoms with Crippen LogP contribution in [0.2, 0.25) is 0 Å². The van der Waals surface area contributed by atoms with Gasteiger partial charge in [0.1, 0.15) is 0 Å². The fourth-order valence-corrected chi connectivity index (χ4v) is 4.54. The Balaban J connectivity index is 1.81. The molecule has 0 N–H and O–H groups in total. The summed E-state index contributed by atoms with van der Waals surface area (Å²) in [6, 6.07) is 23.4. The monoisotopic (exact) mass is 468 g/mol. The van der Waals surface area contributed by atoms with Crippen LogP contribution >= 0.6 is 0 Å². The Labute approximate surface area is 206 Å². The van der Waals surface area contributed by atoms with Gasteiger partial charge in [0, 0.05) is 0 Å². The van der Waals surface area contributed by atoms with Gasteiger partial charge in [-0.05, 0) is 76.7 Å². The van der Waals surface area contributed by atoms with Crippen LogP contribution in [-0.4, -0.2) is 25.2 Å². The Morgan fingerprint density at radius 1 is 0.714 bits per heavy atom. The molecular formula is C31H32O4. The van der Waals surface area contributed by atoms with Crippen molar-refractivity contribution in [3.8, 4) is 11.1 Å². The van der Waals surface area contributed by atoms with Crippen molar-refractivity contribution < 1.29 is 19.1 Å². The average Bonchev–Trinajstić information content (AvgIpc) is 2.89. The first-order valence-corrected chi connectivity index (χ1v) is 12.4. The molecule has 0 aromatic heterocycles. The van der Waals surface area contributed by atoms with Crippen molar-refractivity contribution in [2.45, 2.75) is 52.1 Å². The molecule has 0 aliphatic heterocycles. The van der Waals surface area contributed by atoms with Crippen molar-refractivity contribution in [2.75, 3.05) is 7.11 Å². The van der Waals surface area contributed by atoms with Gasteiger partial charge in [-0.15, -0.1) is 0 Å². The number of unbranched alkanes of at least 4 members (excludes halogenated alkanes) is 3. The summed E-state index contributed by atoms with van der Waals surface area (Å²) in [5.74, 6) is -0.819. The second-order valence-corrected chi connectivity index (χ2v) is 9.05. The number of carbonyl (C=O) groups is 2. The van der Waals surface area contributed by atoms with Crippen LogP contribution in [0.5, 0.6) is 0 Å².